The number of rotatable bonds is 2. The van der Waals surface area contributed by atoms with Crippen molar-refractivity contribution >= 4 is 35.8 Å². The van der Waals surface area contributed by atoms with E-state index in [2.05, 4.69) is 0 Å². The SMILES string of the molecule is COC1C2OC(=O)c3cc(O)c(O)c(O)c3-c3cc4c(c(O)c3O)-c3c(cc(O)c(O)c3O)C(=O)OCC3OC(O)C(OC(=O)c5cc(O)c(O)c(O)c5-c5cc6c(c(O)c5O)-c5c(cc(O)c(O)c5O)C(=O)OC1C(COC6=O)OC2O)C(OC)C3OC4=O. The second-order valence-corrected chi connectivity index (χ2v) is 20.4. The van der Waals surface area contributed by atoms with Gasteiger partial charge in [-0.25, -0.2) is 28.8 Å². The van der Waals surface area contributed by atoms with Gasteiger partial charge in [0.05, 0.1) is 33.4 Å². The van der Waals surface area contributed by atoms with Gasteiger partial charge in [-0.3, -0.25) is 0 Å². The van der Waals surface area contributed by atoms with Crippen molar-refractivity contribution in [2.45, 2.75) is 61.4 Å². The fourth-order valence-corrected chi connectivity index (χ4v) is 11.1. The van der Waals surface area contributed by atoms with Crippen LogP contribution in [0.3, 0.4) is 0 Å². The van der Waals surface area contributed by atoms with Crippen LogP contribution in [0.4, 0.5) is 0 Å². The molecule has 0 amide bonds. The lowest BCUT2D eigenvalue weighted by molar-refractivity contribution is -0.288. The lowest BCUT2D eigenvalue weighted by Crippen LogP contribution is -2.62. The van der Waals surface area contributed by atoms with Gasteiger partial charge < -0.3 is 139 Å². The maximum atomic E-state index is 15.2. The first kappa shape index (κ1) is 60.4. The van der Waals surface area contributed by atoms with Crippen LogP contribution in [0.1, 0.15) is 62.1 Å². The number of ether oxygens (including phenoxy) is 10. The molecule has 2 saturated heterocycles. The van der Waals surface area contributed by atoms with Gasteiger partial charge in [-0.05, 0) is 36.4 Å². The number of cyclic esters (lactones) is 1. The molecule has 9 bridgehead atoms. The van der Waals surface area contributed by atoms with Crippen molar-refractivity contribution in [2.75, 3.05) is 27.4 Å². The first-order valence-corrected chi connectivity index (χ1v) is 25.7. The monoisotopic (exact) mass is 1260 g/mol. The number of aromatic hydroxyl groups is 16. The predicted molar refractivity (Wildman–Crippen MR) is 282 cm³/mol. The second kappa shape index (κ2) is 21.8. The van der Waals surface area contributed by atoms with Crippen LogP contribution in [0.15, 0.2) is 36.4 Å². The molecular formula is C56H44O34. The van der Waals surface area contributed by atoms with E-state index in [0.29, 0.717) is 36.4 Å². The zero-order valence-electron chi connectivity index (χ0n) is 45.2. The van der Waals surface area contributed by atoms with E-state index >= 15 is 4.79 Å². The van der Waals surface area contributed by atoms with Gasteiger partial charge in [0.2, 0.25) is 23.0 Å². The molecule has 10 unspecified atom stereocenters. The predicted octanol–water partition coefficient (Wildman–Crippen LogP) is 1.26. The average molecular weight is 1260 g/mol. The van der Waals surface area contributed by atoms with Crippen LogP contribution < -0.4 is 0 Å². The van der Waals surface area contributed by atoms with E-state index in [-0.39, 0.29) is 0 Å². The molecule has 34 heteroatoms. The highest BCUT2D eigenvalue weighted by Crippen LogP contribution is 2.59. The molecule has 6 heterocycles. The molecular weight excluding hydrogens is 1220 g/mol. The molecule has 90 heavy (non-hydrogen) atoms. The molecule has 0 radical (unpaired) electrons. The lowest BCUT2D eigenvalue weighted by Gasteiger charge is -2.42. The van der Waals surface area contributed by atoms with Crippen LogP contribution in [0, 0.1) is 0 Å². The maximum Gasteiger partial charge on any atom is 0.339 e. The molecule has 6 aromatic rings. The summed E-state index contributed by atoms with van der Waals surface area (Å²) in [6.07, 6.45) is -22.5. The van der Waals surface area contributed by atoms with Crippen LogP contribution in [0.5, 0.6) is 92.0 Å². The van der Waals surface area contributed by atoms with Gasteiger partial charge in [0, 0.05) is 58.7 Å². The molecule has 2 fully saturated rings. The van der Waals surface area contributed by atoms with Crippen molar-refractivity contribution in [1.29, 1.82) is 0 Å². The molecule has 12 rings (SSSR count). The number of aliphatic hydroxyl groups is 2. The van der Waals surface area contributed by atoms with Crippen molar-refractivity contribution in [1.82, 2.24) is 0 Å². The summed E-state index contributed by atoms with van der Waals surface area (Å²) >= 11 is 0. The maximum absolute atomic E-state index is 15.2. The highest BCUT2D eigenvalue weighted by atomic mass is 16.7. The summed E-state index contributed by atoms with van der Waals surface area (Å²) in [5, 5.41) is 205. The van der Waals surface area contributed by atoms with Gasteiger partial charge in [-0.15, -0.1) is 0 Å². The molecule has 34 nitrogen and oxygen atoms in total. The zero-order chi connectivity index (χ0) is 65.3. The minimum Gasteiger partial charge on any atom is -0.504 e. The van der Waals surface area contributed by atoms with Gasteiger partial charge in [-0.1, -0.05) is 0 Å². The minimum absolute atomic E-state index is 0.350. The second-order valence-electron chi connectivity index (χ2n) is 20.4. The van der Waals surface area contributed by atoms with Crippen molar-refractivity contribution in [3.05, 3.63) is 69.8 Å². The van der Waals surface area contributed by atoms with Gasteiger partial charge in [0.1, 0.15) is 37.6 Å². The summed E-state index contributed by atoms with van der Waals surface area (Å²) in [7, 11) is 1.70. The zero-order valence-corrected chi connectivity index (χ0v) is 45.2. The van der Waals surface area contributed by atoms with Crippen LogP contribution in [-0.2, 0) is 47.4 Å². The number of benzene rings is 6. The Morgan fingerprint density at radius 2 is 0.556 bits per heavy atom. The topological polar surface area (TPSA) is 559 Å². The Kier molecular flexibility index (Phi) is 14.6. The fraction of sp³-hybridized carbons (Fsp3) is 0.250. The molecule has 6 aromatic carbocycles. The molecule has 0 saturated carbocycles. The fourth-order valence-electron chi connectivity index (χ4n) is 11.1. The van der Waals surface area contributed by atoms with E-state index in [1.54, 1.807) is 0 Å². The number of aliphatic hydroxyl groups excluding tert-OH is 2. The van der Waals surface area contributed by atoms with Crippen LogP contribution in [-0.4, -0.2) is 217 Å². The van der Waals surface area contributed by atoms with Crippen molar-refractivity contribution < 1.29 is 168 Å². The van der Waals surface area contributed by atoms with Crippen molar-refractivity contribution in [3.8, 4) is 136 Å². The van der Waals surface area contributed by atoms with E-state index in [1.807, 2.05) is 0 Å². The third-order valence-corrected chi connectivity index (χ3v) is 15.4. The smallest absolute Gasteiger partial charge is 0.339 e. The van der Waals surface area contributed by atoms with E-state index in [9.17, 15) is 116 Å². The van der Waals surface area contributed by atoms with E-state index in [4.69, 9.17) is 47.4 Å². The first-order valence-electron chi connectivity index (χ1n) is 25.7. The molecule has 0 aromatic heterocycles. The Hall–Kier alpha value is -11.3. The number of fused-ring (bicyclic) bond motifs is 7. The number of hydrogen-bond acceptors (Lipinski definition) is 34. The number of phenolic OH excluding ortho intramolecular Hbond substituents is 16. The van der Waals surface area contributed by atoms with Gasteiger partial charge >= 0.3 is 35.8 Å². The quantitative estimate of drug-likeness (QED) is 0.0659. The standard InChI is InChI=1S/C56H44O34/c1-81-45-43-24-10-84-50(74)17-7-21(59)35(65)41(71)29(17)28-14(51(75)87-43)4-12(32(62)40(28)70)26-16(6-20(58)34(64)38(26)68)53(77)90-48-46(82-2)44-23(85-56(48)80)9-83-49(73)13-3-11(25-15(5-19(57)33(63)37(25)67)52(76)89-47(45)55(79)86-24)31(61)39(69)27(13)30-18(54(78)88-44)8-22(60)36(66)42(30)72/h3-8,23-24,43-48,55-72,79-80H,9-10H2,1-2H3. The molecule has 0 spiro atoms. The van der Waals surface area contributed by atoms with Crippen molar-refractivity contribution in [3.63, 3.8) is 0 Å². The number of esters is 6. The molecule has 18 N–H and O–H groups in total. The van der Waals surface area contributed by atoms with Crippen LogP contribution >= 0.6 is 0 Å². The molecule has 10 atom stereocenters. The van der Waals surface area contributed by atoms with E-state index in [1.165, 1.54) is 0 Å². The van der Waals surface area contributed by atoms with Gasteiger partial charge in [0.25, 0.3) is 0 Å². The molecule has 472 valence electrons. The Morgan fingerprint density at radius 3 is 0.867 bits per heavy atom. The van der Waals surface area contributed by atoms with Crippen LogP contribution in [0.2, 0.25) is 0 Å². The largest absolute Gasteiger partial charge is 0.504 e. The summed E-state index contributed by atoms with van der Waals surface area (Å²) in [5.41, 5.74) is -16.4. The third-order valence-electron chi connectivity index (χ3n) is 15.4. The summed E-state index contributed by atoms with van der Waals surface area (Å²) < 4.78 is 56.3. The summed E-state index contributed by atoms with van der Waals surface area (Å²) in [5.74, 6) is -34.6. The summed E-state index contributed by atoms with van der Waals surface area (Å²) in [4.78, 5) is 88.2. The molecule has 0 aliphatic carbocycles. The van der Waals surface area contributed by atoms with Gasteiger partial charge in [0.15, 0.2) is 106 Å². The summed E-state index contributed by atoms with van der Waals surface area (Å²) in [6.45, 7) is -2.37. The van der Waals surface area contributed by atoms with E-state index in [0.717, 1.165) is 14.2 Å². The lowest BCUT2D eigenvalue weighted by atomic mass is 9.87. The Bertz CT molecular complexity index is 4150. The number of methoxy groups -OCH3 is 2. The summed E-state index contributed by atoms with van der Waals surface area (Å²) in [6, 6.07) is 2.45. The minimum atomic E-state index is -2.54. The Morgan fingerprint density at radius 1 is 0.311 bits per heavy atom. The highest BCUT2D eigenvalue weighted by Gasteiger charge is 2.54. The van der Waals surface area contributed by atoms with E-state index < -0.39 is 280 Å². The van der Waals surface area contributed by atoms with Crippen molar-refractivity contribution in [2.24, 2.45) is 0 Å². The number of carbonyl (C=O) groups excluding carboxylic acids is 6. The normalized spacial score (nSPS) is 24.0. The third kappa shape index (κ3) is 9.19. The molecule has 6 aliphatic rings. The average Bonchev–Trinajstić information content (AvgIpc) is 0.987. The highest BCUT2D eigenvalue weighted by molar-refractivity contribution is 6.13. The number of phenols is 16. The number of hydrogen-bond donors (Lipinski definition) is 18. The Labute approximate surface area is 497 Å². The first-order chi connectivity index (χ1) is 42.5. The number of carbonyl (C=O) groups is 6. The van der Waals surface area contributed by atoms with Gasteiger partial charge in [-0.2, -0.15) is 0 Å². The Balaban J connectivity index is 1.21. The molecule has 6 aliphatic heterocycles. The van der Waals surface area contributed by atoms with Crippen LogP contribution in [0.25, 0.3) is 44.5 Å².